The Morgan fingerprint density at radius 2 is 1.14 bits per heavy atom. The molecule has 0 spiro atoms. The van der Waals surface area contributed by atoms with Crippen LogP contribution in [-0.4, -0.2) is 24.1 Å². The Labute approximate surface area is 223 Å². The van der Waals surface area contributed by atoms with Crippen LogP contribution in [0.3, 0.4) is 0 Å². The van der Waals surface area contributed by atoms with Gasteiger partial charge in [-0.15, -0.1) is 0 Å². The number of hydrogen-bond donors (Lipinski definition) is 0. The SMILES string of the molecule is CCCCCCCCC1CCC(C(=O)OC2CCC(C(=O)OC(C)CCCCCCCC)CC2)CC1. The summed E-state index contributed by atoms with van der Waals surface area (Å²) in [5.41, 5.74) is 0. The van der Waals surface area contributed by atoms with E-state index in [0.29, 0.717) is 0 Å². The summed E-state index contributed by atoms with van der Waals surface area (Å²) >= 11 is 0. The lowest BCUT2D eigenvalue weighted by molar-refractivity contribution is -0.160. The van der Waals surface area contributed by atoms with E-state index >= 15 is 0 Å². The fourth-order valence-corrected chi connectivity index (χ4v) is 6.14. The topological polar surface area (TPSA) is 52.6 Å². The monoisotopic (exact) mass is 506 g/mol. The highest BCUT2D eigenvalue weighted by atomic mass is 16.5. The van der Waals surface area contributed by atoms with E-state index in [0.717, 1.165) is 57.3 Å². The van der Waals surface area contributed by atoms with Crippen LogP contribution in [0.2, 0.25) is 0 Å². The highest BCUT2D eigenvalue weighted by Gasteiger charge is 2.33. The molecule has 2 aliphatic carbocycles. The molecule has 2 saturated carbocycles. The molecule has 210 valence electrons. The summed E-state index contributed by atoms with van der Waals surface area (Å²) < 4.78 is 11.7. The van der Waals surface area contributed by atoms with Gasteiger partial charge >= 0.3 is 11.9 Å². The van der Waals surface area contributed by atoms with E-state index in [1.807, 2.05) is 6.92 Å². The van der Waals surface area contributed by atoms with E-state index in [1.54, 1.807) is 0 Å². The molecule has 2 rings (SSSR count). The third kappa shape index (κ3) is 13.0. The van der Waals surface area contributed by atoms with Gasteiger partial charge in [-0.25, -0.2) is 0 Å². The van der Waals surface area contributed by atoms with Crippen molar-refractivity contribution in [2.75, 3.05) is 0 Å². The number of hydrogen-bond acceptors (Lipinski definition) is 4. The first-order chi connectivity index (χ1) is 17.5. The number of esters is 2. The molecule has 0 heterocycles. The van der Waals surface area contributed by atoms with Crippen LogP contribution in [0.25, 0.3) is 0 Å². The predicted molar refractivity (Wildman–Crippen MR) is 149 cm³/mol. The van der Waals surface area contributed by atoms with Crippen molar-refractivity contribution in [3.8, 4) is 0 Å². The van der Waals surface area contributed by atoms with Gasteiger partial charge in [0.1, 0.15) is 6.10 Å². The smallest absolute Gasteiger partial charge is 0.309 e. The van der Waals surface area contributed by atoms with Crippen molar-refractivity contribution in [2.24, 2.45) is 17.8 Å². The van der Waals surface area contributed by atoms with Crippen molar-refractivity contribution in [3.05, 3.63) is 0 Å². The lowest BCUT2D eigenvalue weighted by Gasteiger charge is -2.31. The molecular formula is C32H58O4. The molecule has 0 amide bonds. The molecule has 36 heavy (non-hydrogen) atoms. The Morgan fingerprint density at radius 3 is 1.75 bits per heavy atom. The van der Waals surface area contributed by atoms with Crippen molar-refractivity contribution in [1.82, 2.24) is 0 Å². The van der Waals surface area contributed by atoms with Gasteiger partial charge < -0.3 is 9.47 Å². The van der Waals surface area contributed by atoms with Crippen LogP contribution in [-0.2, 0) is 19.1 Å². The molecule has 0 saturated heterocycles. The maximum atomic E-state index is 12.8. The van der Waals surface area contributed by atoms with Crippen LogP contribution in [0.15, 0.2) is 0 Å². The minimum Gasteiger partial charge on any atom is -0.462 e. The number of rotatable bonds is 18. The number of carbonyl (C=O) groups excluding carboxylic acids is 2. The molecule has 4 nitrogen and oxygen atoms in total. The molecule has 0 aliphatic heterocycles. The standard InChI is InChI=1S/C32H58O4/c1-4-6-8-10-12-14-16-26(3)35-31(33)29-22-24-30(25-23-29)36-32(34)28-20-18-27(19-21-28)17-15-13-11-9-7-5-2/h26-30H,4-25H2,1-3H3. The zero-order valence-corrected chi connectivity index (χ0v) is 24.1. The van der Waals surface area contributed by atoms with Crippen molar-refractivity contribution in [3.63, 3.8) is 0 Å². The van der Waals surface area contributed by atoms with E-state index in [-0.39, 0.29) is 36.0 Å². The highest BCUT2D eigenvalue weighted by Crippen LogP contribution is 2.34. The van der Waals surface area contributed by atoms with Crippen LogP contribution >= 0.6 is 0 Å². The first kappa shape index (κ1) is 31.2. The van der Waals surface area contributed by atoms with Crippen molar-refractivity contribution in [2.45, 2.75) is 174 Å². The van der Waals surface area contributed by atoms with Gasteiger partial charge in [0.15, 0.2) is 0 Å². The molecule has 4 heteroatoms. The fourth-order valence-electron chi connectivity index (χ4n) is 6.14. The minimum absolute atomic E-state index is 0.00964. The third-order valence-corrected chi connectivity index (χ3v) is 8.72. The van der Waals surface area contributed by atoms with Crippen LogP contribution in [0.5, 0.6) is 0 Å². The lowest BCUT2D eigenvalue weighted by atomic mass is 9.79. The van der Waals surface area contributed by atoms with E-state index in [9.17, 15) is 9.59 Å². The van der Waals surface area contributed by atoms with Crippen molar-refractivity contribution >= 4 is 11.9 Å². The predicted octanol–water partition coefficient (Wildman–Crippen LogP) is 9.33. The number of unbranched alkanes of at least 4 members (excludes halogenated alkanes) is 10. The van der Waals surface area contributed by atoms with Gasteiger partial charge in [0.2, 0.25) is 0 Å². The second kappa shape index (κ2) is 19.1. The van der Waals surface area contributed by atoms with E-state index in [1.165, 1.54) is 89.9 Å². The Hall–Kier alpha value is -1.06. The summed E-state index contributed by atoms with van der Waals surface area (Å²) in [4.78, 5) is 25.4. The van der Waals surface area contributed by atoms with Crippen LogP contribution in [0, 0.1) is 17.8 Å². The Morgan fingerprint density at radius 1 is 0.639 bits per heavy atom. The molecular weight excluding hydrogens is 448 g/mol. The normalized spacial score (nSPS) is 25.3. The maximum absolute atomic E-state index is 12.8. The van der Waals surface area contributed by atoms with E-state index in [4.69, 9.17) is 9.47 Å². The van der Waals surface area contributed by atoms with Gasteiger partial charge in [-0.2, -0.15) is 0 Å². The molecule has 0 radical (unpaired) electrons. The van der Waals surface area contributed by atoms with Gasteiger partial charge in [-0.1, -0.05) is 90.9 Å². The minimum atomic E-state index is -0.0399. The zero-order valence-electron chi connectivity index (χ0n) is 24.1. The fraction of sp³-hybridized carbons (Fsp3) is 0.938. The molecule has 2 aliphatic rings. The first-order valence-corrected chi connectivity index (χ1v) is 15.9. The Bertz CT molecular complexity index is 573. The first-order valence-electron chi connectivity index (χ1n) is 15.9. The quantitative estimate of drug-likeness (QED) is 0.137. The molecule has 1 unspecified atom stereocenters. The summed E-state index contributed by atoms with van der Waals surface area (Å²) in [5, 5.41) is 0. The Balaban J connectivity index is 1.53. The maximum Gasteiger partial charge on any atom is 0.309 e. The lowest BCUT2D eigenvalue weighted by Crippen LogP contribution is -2.32. The zero-order chi connectivity index (χ0) is 26.0. The molecule has 0 aromatic rings. The van der Waals surface area contributed by atoms with Crippen LogP contribution < -0.4 is 0 Å². The summed E-state index contributed by atoms with van der Waals surface area (Å²) in [7, 11) is 0. The van der Waals surface area contributed by atoms with Crippen molar-refractivity contribution in [1.29, 1.82) is 0 Å². The van der Waals surface area contributed by atoms with Crippen LogP contribution in [0.1, 0.15) is 162 Å². The van der Waals surface area contributed by atoms with Gasteiger partial charge in [0.05, 0.1) is 17.9 Å². The highest BCUT2D eigenvalue weighted by molar-refractivity contribution is 5.73. The molecule has 0 aromatic heterocycles. The molecule has 0 bridgehead atoms. The van der Waals surface area contributed by atoms with Gasteiger partial charge in [-0.05, 0) is 77.0 Å². The third-order valence-electron chi connectivity index (χ3n) is 8.72. The average molecular weight is 507 g/mol. The average Bonchev–Trinajstić information content (AvgIpc) is 2.89. The summed E-state index contributed by atoms with van der Waals surface area (Å²) in [6, 6.07) is 0. The number of ether oxygens (including phenoxy) is 2. The molecule has 1 atom stereocenters. The second-order valence-electron chi connectivity index (χ2n) is 12.0. The molecule has 2 fully saturated rings. The number of carbonyl (C=O) groups is 2. The second-order valence-corrected chi connectivity index (χ2v) is 12.0. The van der Waals surface area contributed by atoms with Gasteiger partial charge in [0.25, 0.3) is 0 Å². The van der Waals surface area contributed by atoms with E-state index < -0.39 is 0 Å². The molecule has 0 aromatic carbocycles. The summed E-state index contributed by atoms with van der Waals surface area (Å²) in [6.45, 7) is 6.53. The van der Waals surface area contributed by atoms with Gasteiger partial charge in [-0.3, -0.25) is 9.59 Å². The summed E-state index contributed by atoms with van der Waals surface area (Å²) in [6.07, 6.45) is 25.6. The largest absolute Gasteiger partial charge is 0.462 e. The van der Waals surface area contributed by atoms with Crippen LogP contribution in [0.4, 0.5) is 0 Å². The summed E-state index contributed by atoms with van der Waals surface area (Å²) in [5.74, 6) is 0.861. The van der Waals surface area contributed by atoms with E-state index in [2.05, 4.69) is 13.8 Å². The Kier molecular flexibility index (Phi) is 16.5. The van der Waals surface area contributed by atoms with Gasteiger partial charge in [0, 0.05) is 0 Å². The van der Waals surface area contributed by atoms with Crippen molar-refractivity contribution < 1.29 is 19.1 Å². The molecule has 0 N–H and O–H groups in total.